The molecule has 2 rings (SSSR count). The van der Waals surface area contributed by atoms with Crippen LogP contribution in [0.3, 0.4) is 0 Å². The predicted molar refractivity (Wildman–Crippen MR) is 49.2 cm³/mol. The second kappa shape index (κ2) is 4.57. The summed E-state index contributed by atoms with van der Waals surface area (Å²) in [5, 5.41) is 0. The van der Waals surface area contributed by atoms with E-state index in [0.29, 0.717) is 0 Å². The molecule has 128 valence electrons. The maximum atomic E-state index is 13.5. The molecule has 0 fully saturated rings. The van der Waals surface area contributed by atoms with Crippen LogP contribution in [-0.4, -0.2) is 12.4 Å². The molecule has 1 aliphatic rings. The lowest BCUT2D eigenvalue weighted by atomic mass is 9.79. The van der Waals surface area contributed by atoms with Crippen molar-refractivity contribution < 1.29 is 52.7 Å². The van der Waals surface area contributed by atoms with Crippen LogP contribution in [-0.2, 0) is 5.41 Å². The minimum absolute atomic E-state index is 2.60. The zero-order valence-corrected chi connectivity index (χ0v) is 10.0. The Labute approximate surface area is 118 Å². The summed E-state index contributed by atoms with van der Waals surface area (Å²) in [7, 11) is 0. The van der Waals surface area contributed by atoms with E-state index in [2.05, 4.69) is 0 Å². The van der Waals surface area contributed by atoms with Gasteiger partial charge in [0.05, 0.1) is 5.56 Å². The summed E-state index contributed by atoms with van der Waals surface area (Å²) >= 11 is 0. The lowest BCUT2D eigenvalue weighted by Crippen LogP contribution is -2.54. The fraction of sp³-hybridized carbons (Fsp3) is 0.273. The first-order valence-corrected chi connectivity index (χ1v) is 5.27. The van der Waals surface area contributed by atoms with Gasteiger partial charge in [0, 0.05) is 5.56 Å². The number of halogens is 12. The Kier molecular flexibility index (Phi) is 3.47. The van der Waals surface area contributed by atoms with Crippen molar-refractivity contribution >= 4 is 5.83 Å². The van der Waals surface area contributed by atoms with Gasteiger partial charge in [0.1, 0.15) is 0 Å². The first kappa shape index (κ1) is 17.5. The average molecular weight is 360 g/mol. The van der Waals surface area contributed by atoms with Gasteiger partial charge in [-0.25, -0.2) is 26.3 Å². The molecule has 0 aliphatic heterocycles. The molecule has 0 heterocycles. The van der Waals surface area contributed by atoms with Crippen molar-refractivity contribution in [3.63, 3.8) is 0 Å². The van der Waals surface area contributed by atoms with E-state index in [-0.39, 0.29) is 0 Å². The molecule has 23 heavy (non-hydrogen) atoms. The predicted octanol–water partition coefficient (Wildman–Crippen LogP) is 5.23. The molecule has 0 N–H and O–H groups in total. The van der Waals surface area contributed by atoms with Gasteiger partial charge < -0.3 is 0 Å². The molecular formula is C11F12. The van der Waals surface area contributed by atoms with Crippen LogP contribution in [0, 0.1) is 23.3 Å². The average Bonchev–Trinajstić information content (AvgIpc) is 2.63. The Morgan fingerprint density at radius 1 is 0.565 bits per heavy atom. The molecule has 0 saturated carbocycles. The van der Waals surface area contributed by atoms with Crippen LogP contribution in [0.5, 0.6) is 0 Å². The van der Waals surface area contributed by atoms with Gasteiger partial charge >= 0.3 is 12.4 Å². The largest absolute Gasteiger partial charge is 0.413 e. The zero-order chi connectivity index (χ0) is 18.1. The van der Waals surface area contributed by atoms with E-state index in [1.54, 1.807) is 0 Å². The topological polar surface area (TPSA) is 0 Å². The SMILES string of the molecule is FC1=C(F)C(C(F)(F)F)(C(F)(F)F)c2c(F)c(F)c(F)c(F)c21. The lowest BCUT2D eigenvalue weighted by molar-refractivity contribution is -0.294. The number of allylic oxidation sites excluding steroid dienone is 1. The van der Waals surface area contributed by atoms with E-state index in [0.717, 1.165) is 0 Å². The maximum Gasteiger partial charge on any atom is 0.413 e. The third-order valence-corrected chi connectivity index (χ3v) is 3.23. The van der Waals surface area contributed by atoms with E-state index in [1.165, 1.54) is 0 Å². The Balaban J connectivity index is 3.15. The molecule has 1 aromatic rings. The van der Waals surface area contributed by atoms with Crippen molar-refractivity contribution in [2.24, 2.45) is 0 Å². The summed E-state index contributed by atoms with van der Waals surface area (Å²) < 4.78 is 157. The second-order valence-corrected chi connectivity index (χ2v) is 4.38. The normalized spacial score (nSPS) is 17.7. The summed E-state index contributed by atoms with van der Waals surface area (Å²) in [4.78, 5) is 0. The van der Waals surface area contributed by atoms with Gasteiger partial charge in [-0.15, -0.1) is 0 Å². The summed E-state index contributed by atoms with van der Waals surface area (Å²) in [6, 6.07) is 0. The van der Waals surface area contributed by atoms with E-state index in [9.17, 15) is 52.7 Å². The van der Waals surface area contributed by atoms with Crippen molar-refractivity contribution in [1.82, 2.24) is 0 Å². The number of rotatable bonds is 0. The molecule has 0 bridgehead atoms. The number of fused-ring (bicyclic) bond motifs is 1. The molecule has 1 aromatic carbocycles. The molecule has 12 heteroatoms. The van der Waals surface area contributed by atoms with Gasteiger partial charge in [-0.1, -0.05) is 0 Å². The Morgan fingerprint density at radius 3 is 1.35 bits per heavy atom. The van der Waals surface area contributed by atoms with Crippen molar-refractivity contribution in [2.45, 2.75) is 17.8 Å². The smallest absolute Gasteiger partial charge is 0.207 e. The van der Waals surface area contributed by atoms with Crippen LogP contribution >= 0.6 is 0 Å². The van der Waals surface area contributed by atoms with E-state index >= 15 is 0 Å². The highest BCUT2D eigenvalue weighted by Gasteiger charge is 2.79. The van der Waals surface area contributed by atoms with Gasteiger partial charge in [-0.05, 0) is 0 Å². The van der Waals surface area contributed by atoms with Crippen molar-refractivity contribution in [1.29, 1.82) is 0 Å². The molecule has 0 saturated heterocycles. The number of hydrogen-bond acceptors (Lipinski definition) is 0. The number of alkyl halides is 6. The van der Waals surface area contributed by atoms with E-state index < -0.39 is 63.8 Å². The quantitative estimate of drug-likeness (QED) is 0.338. The van der Waals surface area contributed by atoms with Gasteiger partial charge in [0.25, 0.3) is 0 Å². The van der Waals surface area contributed by atoms with Crippen LogP contribution in [0.15, 0.2) is 5.83 Å². The monoisotopic (exact) mass is 360 g/mol. The minimum Gasteiger partial charge on any atom is -0.207 e. The van der Waals surface area contributed by atoms with Crippen molar-refractivity contribution in [2.75, 3.05) is 0 Å². The minimum atomic E-state index is -6.77. The summed E-state index contributed by atoms with van der Waals surface area (Å²) in [6.07, 6.45) is -13.5. The van der Waals surface area contributed by atoms with Crippen LogP contribution in [0.1, 0.15) is 11.1 Å². The molecule has 0 aromatic heterocycles. The molecule has 0 unspecified atom stereocenters. The van der Waals surface area contributed by atoms with Crippen LogP contribution in [0.25, 0.3) is 5.83 Å². The Bertz CT molecular complexity index is 706. The highest BCUT2D eigenvalue weighted by atomic mass is 19.4. The third kappa shape index (κ3) is 1.83. The molecular weight excluding hydrogens is 360 g/mol. The highest BCUT2D eigenvalue weighted by Crippen LogP contribution is 2.64. The van der Waals surface area contributed by atoms with Crippen LogP contribution < -0.4 is 0 Å². The summed E-state index contributed by atoms with van der Waals surface area (Å²) in [5.41, 5.74) is -11.6. The Hall–Kier alpha value is -1.88. The number of hydrogen-bond donors (Lipinski definition) is 0. The molecule has 0 radical (unpaired) electrons. The molecule has 0 spiro atoms. The zero-order valence-electron chi connectivity index (χ0n) is 10.0. The fourth-order valence-corrected chi connectivity index (χ4v) is 2.27. The van der Waals surface area contributed by atoms with Crippen molar-refractivity contribution in [3.8, 4) is 0 Å². The summed E-state index contributed by atoms with van der Waals surface area (Å²) in [6.45, 7) is 0. The Morgan fingerprint density at radius 2 is 0.957 bits per heavy atom. The maximum absolute atomic E-state index is 13.5. The second-order valence-electron chi connectivity index (χ2n) is 4.38. The first-order chi connectivity index (χ1) is 10.2. The molecule has 0 nitrogen and oxygen atoms in total. The molecule has 0 atom stereocenters. The van der Waals surface area contributed by atoms with E-state index in [1.807, 2.05) is 0 Å². The van der Waals surface area contributed by atoms with Gasteiger partial charge in [0.2, 0.25) is 5.41 Å². The standard InChI is InChI=1S/C11F12/c12-3-1-2(5(14)7(16)6(3)15)9(10(18,19)20,11(21,22)23)8(17)4(1)13. The van der Waals surface area contributed by atoms with E-state index in [4.69, 9.17) is 0 Å². The first-order valence-electron chi connectivity index (χ1n) is 5.27. The van der Waals surface area contributed by atoms with Gasteiger partial charge in [-0.3, -0.25) is 0 Å². The molecule has 1 aliphatic carbocycles. The van der Waals surface area contributed by atoms with Gasteiger partial charge in [-0.2, -0.15) is 26.3 Å². The fourth-order valence-electron chi connectivity index (χ4n) is 2.27. The third-order valence-electron chi connectivity index (χ3n) is 3.23. The van der Waals surface area contributed by atoms with Crippen LogP contribution in [0.4, 0.5) is 52.7 Å². The van der Waals surface area contributed by atoms with Gasteiger partial charge in [0.15, 0.2) is 34.9 Å². The summed E-state index contributed by atoms with van der Waals surface area (Å²) in [5.74, 6) is -18.8. The number of benzene rings is 1. The van der Waals surface area contributed by atoms with Crippen LogP contribution in [0.2, 0.25) is 0 Å². The molecule has 0 amide bonds. The highest BCUT2D eigenvalue weighted by molar-refractivity contribution is 5.76. The lowest BCUT2D eigenvalue weighted by Gasteiger charge is -2.34. The van der Waals surface area contributed by atoms with Crippen molar-refractivity contribution in [3.05, 3.63) is 40.2 Å².